The van der Waals surface area contributed by atoms with Crippen LogP contribution in [0.25, 0.3) is 0 Å². The van der Waals surface area contributed by atoms with Gasteiger partial charge in [-0.2, -0.15) is 0 Å². The van der Waals surface area contributed by atoms with Gasteiger partial charge >= 0.3 is 0 Å². The molecule has 1 rings (SSSR count). The first kappa shape index (κ1) is 17.4. The summed E-state index contributed by atoms with van der Waals surface area (Å²) >= 11 is 0. The maximum Gasteiger partial charge on any atom is 0.00385 e. The zero-order chi connectivity index (χ0) is 12.3. The molecule has 1 heteroatoms. The summed E-state index contributed by atoms with van der Waals surface area (Å²) in [4.78, 5) is 2.59. The Labute approximate surface area is 98.2 Å². The molecule has 1 fully saturated rings. The van der Waals surface area contributed by atoms with Gasteiger partial charge in [0, 0.05) is 6.04 Å². The van der Waals surface area contributed by atoms with Gasteiger partial charge in [-0.1, -0.05) is 41.0 Å². The lowest BCUT2D eigenvalue weighted by atomic mass is 9.94. The van der Waals surface area contributed by atoms with Gasteiger partial charge in [0.1, 0.15) is 0 Å². The first-order chi connectivity index (χ1) is 7.24. The predicted molar refractivity (Wildman–Crippen MR) is 72.4 cm³/mol. The highest BCUT2D eigenvalue weighted by molar-refractivity contribution is 4.73. The Hall–Kier alpha value is -0.0400. The lowest BCUT2D eigenvalue weighted by molar-refractivity contribution is 0.148. The van der Waals surface area contributed by atoms with E-state index in [4.69, 9.17) is 0 Å². The van der Waals surface area contributed by atoms with Crippen molar-refractivity contribution < 1.29 is 0 Å². The smallest absolute Gasteiger partial charge is 0.00385 e. The summed E-state index contributed by atoms with van der Waals surface area (Å²) in [6.45, 7) is 17.6. The maximum absolute atomic E-state index is 2.59. The first-order valence-corrected chi connectivity index (χ1v) is 6.98. The Morgan fingerprint density at radius 3 is 1.67 bits per heavy atom. The molecule has 0 aromatic carbocycles. The molecule has 0 aromatic rings. The van der Waals surface area contributed by atoms with E-state index < -0.39 is 0 Å². The van der Waals surface area contributed by atoms with Crippen LogP contribution in [-0.4, -0.2) is 24.0 Å². The van der Waals surface area contributed by atoms with Crippen molar-refractivity contribution in [3.63, 3.8) is 0 Å². The molecule has 0 spiro atoms. The fourth-order valence-electron chi connectivity index (χ4n) is 1.88. The summed E-state index contributed by atoms with van der Waals surface area (Å²) < 4.78 is 0. The molecular weight excluding hydrogens is 182 g/mol. The normalized spacial score (nSPS) is 17.6. The molecule has 0 aliphatic carbocycles. The van der Waals surface area contributed by atoms with Crippen molar-refractivity contribution in [1.29, 1.82) is 0 Å². The average Bonchev–Trinajstić information content (AvgIpc) is 2.34. The number of hydrogen-bond donors (Lipinski definition) is 0. The Bertz CT molecular complexity index is 102. The predicted octanol–water partition coefficient (Wildman–Crippen LogP) is 4.57. The van der Waals surface area contributed by atoms with E-state index in [1.807, 2.05) is 27.7 Å². The standard InChI is InChI=1S/C10H21N.2C2H6/c1-4-10-5-7-11(8-6-10)9(2)3;2*1-2/h9-10H,4-8H2,1-3H3;2*1-2H3. The lowest BCUT2D eigenvalue weighted by Crippen LogP contribution is -2.38. The molecule has 0 saturated carbocycles. The maximum atomic E-state index is 2.59. The van der Waals surface area contributed by atoms with E-state index >= 15 is 0 Å². The molecule has 1 heterocycles. The first-order valence-electron chi connectivity index (χ1n) is 6.98. The highest BCUT2D eigenvalue weighted by atomic mass is 15.1. The van der Waals surface area contributed by atoms with Crippen LogP contribution >= 0.6 is 0 Å². The van der Waals surface area contributed by atoms with Crippen LogP contribution in [0.4, 0.5) is 0 Å². The van der Waals surface area contributed by atoms with Gasteiger partial charge < -0.3 is 4.90 Å². The number of nitrogens with zero attached hydrogens (tertiary/aromatic N) is 1. The van der Waals surface area contributed by atoms with Crippen molar-refractivity contribution >= 4 is 0 Å². The van der Waals surface area contributed by atoms with Gasteiger partial charge in [-0.15, -0.1) is 0 Å². The lowest BCUT2D eigenvalue weighted by Gasteiger charge is -2.34. The third-order valence-corrected chi connectivity index (χ3v) is 2.96. The van der Waals surface area contributed by atoms with Gasteiger partial charge in [0.25, 0.3) is 0 Å². The molecule has 0 atom stereocenters. The second-order valence-electron chi connectivity index (χ2n) is 3.98. The number of rotatable bonds is 2. The zero-order valence-corrected chi connectivity index (χ0v) is 12.1. The van der Waals surface area contributed by atoms with Crippen LogP contribution in [0.15, 0.2) is 0 Å². The molecule has 94 valence electrons. The van der Waals surface area contributed by atoms with E-state index in [2.05, 4.69) is 25.7 Å². The highest BCUT2D eigenvalue weighted by Crippen LogP contribution is 2.20. The average molecular weight is 215 g/mol. The van der Waals surface area contributed by atoms with Crippen LogP contribution in [0, 0.1) is 5.92 Å². The van der Waals surface area contributed by atoms with E-state index in [0.29, 0.717) is 0 Å². The topological polar surface area (TPSA) is 3.24 Å². The molecule has 0 unspecified atom stereocenters. The van der Waals surface area contributed by atoms with E-state index in [-0.39, 0.29) is 0 Å². The van der Waals surface area contributed by atoms with Crippen LogP contribution in [0.5, 0.6) is 0 Å². The van der Waals surface area contributed by atoms with Gasteiger partial charge in [0.2, 0.25) is 0 Å². The van der Waals surface area contributed by atoms with Crippen molar-refractivity contribution in [1.82, 2.24) is 4.90 Å². The molecule has 0 N–H and O–H groups in total. The molecule has 1 aliphatic heterocycles. The molecule has 0 bridgehead atoms. The summed E-state index contributed by atoms with van der Waals surface area (Å²) in [5.41, 5.74) is 0. The van der Waals surface area contributed by atoms with Crippen molar-refractivity contribution in [2.75, 3.05) is 13.1 Å². The highest BCUT2D eigenvalue weighted by Gasteiger charge is 2.18. The number of piperidine rings is 1. The SMILES string of the molecule is CC.CC.CCC1CCN(C(C)C)CC1. The summed E-state index contributed by atoms with van der Waals surface area (Å²) in [6, 6.07) is 0.757. The molecule has 1 nitrogen and oxygen atoms in total. The molecule has 0 radical (unpaired) electrons. The van der Waals surface area contributed by atoms with Gasteiger partial charge in [-0.05, 0) is 45.7 Å². The monoisotopic (exact) mass is 215 g/mol. The molecule has 0 amide bonds. The van der Waals surface area contributed by atoms with Gasteiger partial charge in [-0.3, -0.25) is 0 Å². The third kappa shape index (κ3) is 7.84. The second-order valence-corrected chi connectivity index (χ2v) is 3.98. The summed E-state index contributed by atoms with van der Waals surface area (Å²) in [7, 11) is 0. The van der Waals surface area contributed by atoms with Gasteiger partial charge in [-0.25, -0.2) is 0 Å². The van der Waals surface area contributed by atoms with Crippen LogP contribution in [-0.2, 0) is 0 Å². The molecular formula is C14H33N. The van der Waals surface area contributed by atoms with E-state index in [0.717, 1.165) is 12.0 Å². The van der Waals surface area contributed by atoms with Gasteiger partial charge in [0.15, 0.2) is 0 Å². The fourth-order valence-corrected chi connectivity index (χ4v) is 1.88. The zero-order valence-electron chi connectivity index (χ0n) is 12.1. The van der Waals surface area contributed by atoms with Crippen molar-refractivity contribution in [2.24, 2.45) is 5.92 Å². The van der Waals surface area contributed by atoms with Crippen molar-refractivity contribution in [3.8, 4) is 0 Å². The molecule has 0 aromatic heterocycles. The van der Waals surface area contributed by atoms with Crippen LogP contribution in [0.1, 0.15) is 67.7 Å². The van der Waals surface area contributed by atoms with E-state index in [1.165, 1.54) is 32.4 Å². The molecule has 1 aliphatic rings. The Morgan fingerprint density at radius 1 is 1.00 bits per heavy atom. The summed E-state index contributed by atoms with van der Waals surface area (Å²) in [6.07, 6.45) is 4.23. The third-order valence-electron chi connectivity index (χ3n) is 2.96. The summed E-state index contributed by atoms with van der Waals surface area (Å²) in [5, 5.41) is 0. The van der Waals surface area contributed by atoms with Crippen molar-refractivity contribution in [3.05, 3.63) is 0 Å². The fraction of sp³-hybridized carbons (Fsp3) is 1.00. The van der Waals surface area contributed by atoms with E-state index in [1.54, 1.807) is 0 Å². The number of hydrogen-bond acceptors (Lipinski definition) is 1. The van der Waals surface area contributed by atoms with Crippen LogP contribution < -0.4 is 0 Å². The quantitative estimate of drug-likeness (QED) is 0.652. The van der Waals surface area contributed by atoms with E-state index in [9.17, 15) is 0 Å². The molecule has 1 saturated heterocycles. The minimum absolute atomic E-state index is 0.757. The van der Waals surface area contributed by atoms with Gasteiger partial charge in [0.05, 0.1) is 0 Å². The van der Waals surface area contributed by atoms with Crippen molar-refractivity contribution in [2.45, 2.75) is 73.8 Å². The minimum atomic E-state index is 0.757. The Kier molecular flexibility index (Phi) is 13.9. The number of likely N-dealkylation sites (tertiary alicyclic amines) is 1. The minimum Gasteiger partial charge on any atom is -0.301 e. The van der Waals surface area contributed by atoms with Crippen LogP contribution in [0.3, 0.4) is 0 Å². The molecule has 15 heavy (non-hydrogen) atoms. The Balaban J connectivity index is 0. The largest absolute Gasteiger partial charge is 0.301 e. The Morgan fingerprint density at radius 2 is 1.40 bits per heavy atom. The second kappa shape index (κ2) is 12.0. The summed E-state index contributed by atoms with van der Waals surface area (Å²) in [5.74, 6) is 1.02. The van der Waals surface area contributed by atoms with Crippen LogP contribution in [0.2, 0.25) is 0 Å².